The van der Waals surface area contributed by atoms with E-state index in [1.165, 1.54) is 17.7 Å². The van der Waals surface area contributed by atoms with Gasteiger partial charge < -0.3 is 10.6 Å². The van der Waals surface area contributed by atoms with Crippen LogP contribution in [0, 0.1) is 23.0 Å². The maximum atomic E-state index is 12.9. The van der Waals surface area contributed by atoms with E-state index in [0.29, 0.717) is 30.8 Å². The average Bonchev–Trinajstić information content (AvgIpc) is 3.05. The summed E-state index contributed by atoms with van der Waals surface area (Å²) >= 11 is 0. The smallest absolute Gasteiger partial charge is 0.270 e. The molecule has 0 unspecified atom stereocenters. The summed E-state index contributed by atoms with van der Waals surface area (Å²) in [6.45, 7) is 3.39. The number of aryl methyl sites for hydroxylation is 1. The van der Waals surface area contributed by atoms with E-state index in [0.717, 1.165) is 0 Å². The second kappa shape index (κ2) is 8.29. The number of nitrogens with zero attached hydrogens (tertiary/aromatic N) is 2. The number of likely N-dealkylation sites (tertiary alicyclic amines) is 1. The molecule has 0 bridgehead atoms. The number of amides is 1. The molecule has 1 aliphatic heterocycles. The number of nitro benzene ring substituents is 1. The van der Waals surface area contributed by atoms with Gasteiger partial charge in [-0.2, -0.15) is 0 Å². The molecule has 26 heavy (non-hydrogen) atoms. The summed E-state index contributed by atoms with van der Waals surface area (Å²) < 4.78 is 0. The number of carbonyl (C=O) groups excluding carboxylic acids is 1. The van der Waals surface area contributed by atoms with E-state index in [1.54, 1.807) is 17.9 Å². The van der Waals surface area contributed by atoms with Crippen LogP contribution in [0.1, 0.15) is 27.4 Å². The maximum Gasteiger partial charge on any atom is 0.270 e. The highest BCUT2D eigenvalue weighted by atomic mass is 35.5. The van der Waals surface area contributed by atoms with Crippen molar-refractivity contribution in [2.75, 3.05) is 19.6 Å². The van der Waals surface area contributed by atoms with Gasteiger partial charge in [0.2, 0.25) is 0 Å². The van der Waals surface area contributed by atoms with Gasteiger partial charge in [0.15, 0.2) is 0 Å². The van der Waals surface area contributed by atoms with Crippen molar-refractivity contribution in [2.45, 2.75) is 12.8 Å². The van der Waals surface area contributed by atoms with Crippen LogP contribution in [0.25, 0.3) is 0 Å². The lowest BCUT2D eigenvalue weighted by Crippen LogP contribution is -2.30. The van der Waals surface area contributed by atoms with Crippen molar-refractivity contribution >= 4 is 24.0 Å². The first-order valence-electron chi connectivity index (χ1n) is 8.30. The molecule has 0 saturated carbocycles. The predicted molar refractivity (Wildman–Crippen MR) is 103 cm³/mol. The molecule has 2 aromatic rings. The summed E-state index contributed by atoms with van der Waals surface area (Å²) in [6, 6.07) is 14.6. The third kappa shape index (κ3) is 4.03. The van der Waals surface area contributed by atoms with Crippen molar-refractivity contribution < 1.29 is 9.72 Å². The molecule has 1 amide bonds. The number of nitro groups is 1. The third-order valence-electron chi connectivity index (χ3n) is 4.78. The summed E-state index contributed by atoms with van der Waals surface area (Å²) in [5.74, 6) is 0.199. The molecule has 0 aliphatic carbocycles. The van der Waals surface area contributed by atoms with Crippen molar-refractivity contribution in [2.24, 2.45) is 11.7 Å². The molecule has 2 atom stereocenters. The molecule has 2 N–H and O–H groups in total. The number of carbonyl (C=O) groups is 1. The van der Waals surface area contributed by atoms with Crippen LogP contribution in [-0.4, -0.2) is 35.4 Å². The molecule has 138 valence electrons. The number of hydrogen-bond donors (Lipinski definition) is 1. The van der Waals surface area contributed by atoms with Crippen molar-refractivity contribution in [1.29, 1.82) is 0 Å². The van der Waals surface area contributed by atoms with Crippen LogP contribution < -0.4 is 5.73 Å². The molecular formula is C19H22ClN3O3. The van der Waals surface area contributed by atoms with E-state index < -0.39 is 4.92 Å². The lowest BCUT2D eigenvalue weighted by Gasteiger charge is -2.17. The summed E-state index contributed by atoms with van der Waals surface area (Å²) in [4.78, 5) is 25.2. The quantitative estimate of drug-likeness (QED) is 0.656. The van der Waals surface area contributed by atoms with E-state index in [2.05, 4.69) is 12.1 Å². The molecular weight excluding hydrogens is 354 g/mol. The van der Waals surface area contributed by atoms with Crippen LogP contribution in [0.4, 0.5) is 5.69 Å². The van der Waals surface area contributed by atoms with Crippen LogP contribution in [0.3, 0.4) is 0 Å². The second-order valence-electron chi connectivity index (χ2n) is 6.54. The van der Waals surface area contributed by atoms with E-state index in [9.17, 15) is 14.9 Å². The SMILES string of the molecule is Cc1cc(C(=O)N2C[C@@H](CN)[C@H](c3ccccc3)C2)cc([N+](=O)[O-])c1.Cl. The van der Waals surface area contributed by atoms with Gasteiger partial charge in [-0.1, -0.05) is 30.3 Å². The zero-order chi connectivity index (χ0) is 18.0. The Kier molecular flexibility index (Phi) is 6.34. The molecule has 2 aromatic carbocycles. The monoisotopic (exact) mass is 375 g/mol. The molecule has 7 heteroatoms. The molecule has 1 saturated heterocycles. The predicted octanol–water partition coefficient (Wildman–Crippen LogP) is 3.14. The Morgan fingerprint density at radius 3 is 2.54 bits per heavy atom. The fourth-order valence-electron chi connectivity index (χ4n) is 3.53. The fourth-order valence-corrected chi connectivity index (χ4v) is 3.53. The summed E-state index contributed by atoms with van der Waals surface area (Å²) in [7, 11) is 0. The van der Waals surface area contributed by atoms with Gasteiger partial charge in [0.25, 0.3) is 11.6 Å². The Bertz CT molecular complexity index is 798. The van der Waals surface area contributed by atoms with Crippen LogP contribution in [0.2, 0.25) is 0 Å². The first-order chi connectivity index (χ1) is 12.0. The minimum atomic E-state index is -0.469. The molecule has 6 nitrogen and oxygen atoms in total. The maximum absolute atomic E-state index is 12.9. The van der Waals surface area contributed by atoms with Gasteiger partial charge in [-0.05, 0) is 36.6 Å². The number of nitrogens with two attached hydrogens (primary N) is 1. The molecule has 1 aliphatic rings. The van der Waals surface area contributed by atoms with Crippen molar-refractivity contribution in [1.82, 2.24) is 4.90 Å². The lowest BCUT2D eigenvalue weighted by atomic mass is 9.89. The number of rotatable bonds is 4. The van der Waals surface area contributed by atoms with Gasteiger partial charge in [0.05, 0.1) is 4.92 Å². The molecule has 0 radical (unpaired) electrons. The van der Waals surface area contributed by atoms with E-state index >= 15 is 0 Å². The third-order valence-corrected chi connectivity index (χ3v) is 4.78. The van der Waals surface area contributed by atoms with Gasteiger partial charge in [-0.15, -0.1) is 12.4 Å². The summed E-state index contributed by atoms with van der Waals surface area (Å²) in [5, 5.41) is 11.0. The number of non-ortho nitro benzene ring substituents is 1. The first-order valence-corrected chi connectivity index (χ1v) is 8.30. The van der Waals surface area contributed by atoms with E-state index in [4.69, 9.17) is 5.73 Å². The highest BCUT2D eigenvalue weighted by Gasteiger charge is 2.35. The normalized spacial score (nSPS) is 19.1. The molecule has 3 rings (SSSR count). The van der Waals surface area contributed by atoms with E-state index in [-0.39, 0.29) is 35.8 Å². The topological polar surface area (TPSA) is 89.5 Å². The van der Waals surface area contributed by atoms with Crippen LogP contribution in [-0.2, 0) is 0 Å². The minimum absolute atomic E-state index is 0. The molecule has 1 heterocycles. The highest BCUT2D eigenvalue weighted by Crippen LogP contribution is 2.33. The molecule has 0 aromatic heterocycles. The van der Waals surface area contributed by atoms with Gasteiger partial charge in [0, 0.05) is 36.7 Å². The van der Waals surface area contributed by atoms with Crippen molar-refractivity contribution in [3.05, 3.63) is 75.3 Å². The number of benzene rings is 2. The minimum Gasteiger partial charge on any atom is -0.338 e. The van der Waals surface area contributed by atoms with E-state index in [1.807, 2.05) is 18.2 Å². The summed E-state index contributed by atoms with van der Waals surface area (Å²) in [5.41, 5.74) is 8.09. The molecule has 0 spiro atoms. The van der Waals surface area contributed by atoms with Gasteiger partial charge in [-0.3, -0.25) is 14.9 Å². The zero-order valence-corrected chi connectivity index (χ0v) is 15.3. The van der Waals surface area contributed by atoms with Crippen molar-refractivity contribution in [3.8, 4) is 0 Å². The molecule has 1 fully saturated rings. The highest BCUT2D eigenvalue weighted by molar-refractivity contribution is 5.95. The van der Waals surface area contributed by atoms with Gasteiger partial charge >= 0.3 is 0 Å². The largest absolute Gasteiger partial charge is 0.338 e. The average molecular weight is 376 g/mol. The number of hydrogen-bond acceptors (Lipinski definition) is 4. The standard InChI is InChI=1S/C19H21N3O3.ClH/c1-13-7-15(9-17(8-13)22(24)25)19(23)21-11-16(10-20)18(12-21)14-5-3-2-4-6-14;/h2-9,16,18H,10-12,20H2,1H3;1H/t16-,18+;/m1./s1. The van der Waals surface area contributed by atoms with Crippen molar-refractivity contribution in [3.63, 3.8) is 0 Å². The van der Waals surface area contributed by atoms with Crippen LogP contribution in [0.5, 0.6) is 0 Å². The number of halogens is 1. The zero-order valence-electron chi connectivity index (χ0n) is 14.5. The lowest BCUT2D eigenvalue weighted by molar-refractivity contribution is -0.384. The Balaban J connectivity index is 0.00000243. The Morgan fingerprint density at radius 1 is 1.23 bits per heavy atom. The first kappa shape index (κ1) is 19.9. The Morgan fingerprint density at radius 2 is 1.92 bits per heavy atom. The Labute approximate surface area is 158 Å². The fraction of sp³-hybridized carbons (Fsp3) is 0.316. The Hall–Kier alpha value is -2.44. The van der Waals surface area contributed by atoms with Gasteiger partial charge in [0.1, 0.15) is 0 Å². The summed E-state index contributed by atoms with van der Waals surface area (Å²) in [6.07, 6.45) is 0. The van der Waals surface area contributed by atoms with Crippen LogP contribution >= 0.6 is 12.4 Å². The van der Waals surface area contributed by atoms with Crippen LogP contribution in [0.15, 0.2) is 48.5 Å². The second-order valence-corrected chi connectivity index (χ2v) is 6.54. The van der Waals surface area contributed by atoms with Gasteiger partial charge in [-0.25, -0.2) is 0 Å².